The fraction of sp³-hybridized carbons (Fsp3) is 0.818. The predicted molar refractivity (Wildman–Crippen MR) is 56.1 cm³/mol. The Morgan fingerprint density at radius 1 is 1.33 bits per heavy atom. The number of fused-ring (bicyclic) bond motifs is 1. The van der Waals surface area contributed by atoms with Gasteiger partial charge in [0.05, 0.1) is 0 Å². The average Bonchev–Trinajstić information content (AvgIpc) is 2.23. The monoisotopic (exact) mass is 210 g/mol. The molecule has 2 heterocycles. The van der Waals surface area contributed by atoms with Gasteiger partial charge in [-0.05, 0) is 25.2 Å². The summed E-state index contributed by atoms with van der Waals surface area (Å²) in [6.45, 7) is 4.68. The molecular formula is C11H18N2O2. The normalized spacial score (nSPS) is 31.5. The van der Waals surface area contributed by atoms with Crippen molar-refractivity contribution in [3.05, 3.63) is 0 Å². The minimum Gasteiger partial charge on any atom is -0.342 e. The molecule has 0 radical (unpaired) electrons. The molecule has 0 bridgehead atoms. The molecular weight excluding hydrogens is 192 g/mol. The van der Waals surface area contributed by atoms with Crippen LogP contribution >= 0.6 is 0 Å². The molecule has 2 fully saturated rings. The highest BCUT2D eigenvalue weighted by atomic mass is 16.2. The van der Waals surface area contributed by atoms with Crippen LogP contribution in [0.3, 0.4) is 0 Å². The van der Waals surface area contributed by atoms with Crippen LogP contribution in [0.25, 0.3) is 0 Å². The minimum absolute atomic E-state index is 0.0352. The van der Waals surface area contributed by atoms with Crippen LogP contribution in [-0.2, 0) is 9.59 Å². The van der Waals surface area contributed by atoms with Crippen molar-refractivity contribution < 1.29 is 9.59 Å². The Hall–Kier alpha value is -1.06. The van der Waals surface area contributed by atoms with E-state index in [0.717, 1.165) is 25.8 Å². The van der Waals surface area contributed by atoms with Gasteiger partial charge in [0.1, 0.15) is 12.1 Å². The fourth-order valence-corrected chi connectivity index (χ4v) is 2.41. The van der Waals surface area contributed by atoms with Gasteiger partial charge in [0.15, 0.2) is 0 Å². The number of nitrogens with one attached hydrogen (secondary N) is 1. The highest BCUT2D eigenvalue weighted by Gasteiger charge is 2.42. The maximum atomic E-state index is 12.1. The van der Waals surface area contributed by atoms with Gasteiger partial charge in [0, 0.05) is 6.54 Å². The van der Waals surface area contributed by atoms with Gasteiger partial charge < -0.3 is 10.2 Å². The first-order valence-electron chi connectivity index (χ1n) is 5.72. The van der Waals surface area contributed by atoms with E-state index in [1.165, 1.54) is 0 Å². The zero-order valence-electron chi connectivity index (χ0n) is 9.32. The Morgan fingerprint density at radius 2 is 2.07 bits per heavy atom. The third-order valence-electron chi connectivity index (χ3n) is 3.32. The van der Waals surface area contributed by atoms with Crippen LogP contribution in [0.5, 0.6) is 0 Å². The molecule has 2 amide bonds. The number of amides is 2. The van der Waals surface area contributed by atoms with E-state index in [2.05, 4.69) is 5.32 Å². The molecule has 2 saturated heterocycles. The SMILES string of the molecule is CC(C)[C@@H]1NC(=O)[C@@H]2CCCCN2C1=O. The zero-order valence-corrected chi connectivity index (χ0v) is 9.32. The molecule has 0 aromatic rings. The Kier molecular flexibility index (Phi) is 2.67. The predicted octanol–water partition coefficient (Wildman–Crippen LogP) is 0.522. The van der Waals surface area contributed by atoms with E-state index in [9.17, 15) is 9.59 Å². The Morgan fingerprint density at radius 3 is 2.73 bits per heavy atom. The molecule has 2 aliphatic rings. The highest BCUT2D eigenvalue weighted by molar-refractivity contribution is 5.97. The summed E-state index contributed by atoms with van der Waals surface area (Å²) >= 11 is 0. The molecule has 0 unspecified atom stereocenters. The lowest BCUT2D eigenvalue weighted by Crippen LogP contribution is -2.65. The van der Waals surface area contributed by atoms with Gasteiger partial charge in [-0.3, -0.25) is 9.59 Å². The summed E-state index contributed by atoms with van der Waals surface area (Å²) in [6.07, 6.45) is 2.90. The average molecular weight is 210 g/mol. The van der Waals surface area contributed by atoms with Gasteiger partial charge in [-0.2, -0.15) is 0 Å². The molecule has 0 aromatic carbocycles. The van der Waals surface area contributed by atoms with Gasteiger partial charge >= 0.3 is 0 Å². The quantitative estimate of drug-likeness (QED) is 0.686. The number of nitrogens with zero attached hydrogens (tertiary/aromatic N) is 1. The molecule has 1 N–H and O–H groups in total. The van der Waals surface area contributed by atoms with E-state index >= 15 is 0 Å². The van der Waals surface area contributed by atoms with Crippen LogP contribution in [0.4, 0.5) is 0 Å². The molecule has 4 nitrogen and oxygen atoms in total. The van der Waals surface area contributed by atoms with E-state index in [1.807, 2.05) is 13.8 Å². The second-order valence-electron chi connectivity index (χ2n) is 4.77. The number of piperidine rings is 1. The van der Waals surface area contributed by atoms with E-state index < -0.39 is 0 Å². The van der Waals surface area contributed by atoms with Crippen LogP contribution in [0.2, 0.25) is 0 Å². The van der Waals surface area contributed by atoms with E-state index in [1.54, 1.807) is 4.90 Å². The molecule has 0 spiro atoms. The van der Waals surface area contributed by atoms with Crippen LogP contribution in [0, 0.1) is 5.92 Å². The molecule has 2 atom stereocenters. The van der Waals surface area contributed by atoms with Crippen molar-refractivity contribution in [3.63, 3.8) is 0 Å². The maximum absolute atomic E-state index is 12.1. The van der Waals surface area contributed by atoms with Gasteiger partial charge in [-0.15, -0.1) is 0 Å². The highest BCUT2D eigenvalue weighted by Crippen LogP contribution is 2.23. The zero-order chi connectivity index (χ0) is 11.0. The fourth-order valence-electron chi connectivity index (χ4n) is 2.41. The van der Waals surface area contributed by atoms with Crippen LogP contribution in [-0.4, -0.2) is 35.3 Å². The van der Waals surface area contributed by atoms with Crippen molar-refractivity contribution in [3.8, 4) is 0 Å². The molecule has 15 heavy (non-hydrogen) atoms. The smallest absolute Gasteiger partial charge is 0.246 e. The van der Waals surface area contributed by atoms with Gasteiger partial charge in [0.25, 0.3) is 0 Å². The Bertz CT molecular complexity index is 288. The molecule has 0 aromatic heterocycles. The first kappa shape index (κ1) is 10.5. The van der Waals surface area contributed by atoms with Gasteiger partial charge in [-0.25, -0.2) is 0 Å². The maximum Gasteiger partial charge on any atom is 0.246 e. The molecule has 84 valence electrons. The minimum atomic E-state index is -0.313. The first-order chi connectivity index (χ1) is 7.11. The summed E-state index contributed by atoms with van der Waals surface area (Å²) in [5.41, 5.74) is 0. The van der Waals surface area contributed by atoms with Crippen LogP contribution in [0.15, 0.2) is 0 Å². The standard InChI is InChI=1S/C11H18N2O2/c1-7(2)9-11(15)13-6-4-3-5-8(13)10(14)12-9/h7-9H,3-6H2,1-2H3,(H,12,14)/t8-,9-/m0/s1. The molecule has 2 rings (SSSR count). The summed E-state index contributed by atoms with van der Waals surface area (Å²) in [5, 5.41) is 2.83. The third kappa shape index (κ3) is 1.73. The topological polar surface area (TPSA) is 49.4 Å². The summed E-state index contributed by atoms with van der Waals surface area (Å²) in [6, 6.07) is -0.506. The number of piperazine rings is 1. The van der Waals surface area contributed by atoms with Crippen molar-refractivity contribution >= 4 is 11.8 Å². The van der Waals surface area contributed by atoms with Crippen LogP contribution < -0.4 is 5.32 Å². The molecule has 4 heteroatoms. The van der Waals surface area contributed by atoms with E-state index in [-0.39, 0.29) is 29.8 Å². The van der Waals surface area contributed by atoms with Gasteiger partial charge in [0.2, 0.25) is 11.8 Å². The second kappa shape index (κ2) is 3.83. The summed E-state index contributed by atoms with van der Waals surface area (Å²) in [4.78, 5) is 25.6. The number of carbonyl (C=O) groups excluding carboxylic acids is 2. The van der Waals surface area contributed by atoms with E-state index in [0.29, 0.717) is 0 Å². The summed E-state index contributed by atoms with van der Waals surface area (Å²) in [5.74, 6) is 0.312. The number of rotatable bonds is 1. The van der Waals surface area contributed by atoms with E-state index in [4.69, 9.17) is 0 Å². The van der Waals surface area contributed by atoms with Crippen molar-refractivity contribution in [1.82, 2.24) is 10.2 Å². The van der Waals surface area contributed by atoms with Crippen LogP contribution in [0.1, 0.15) is 33.1 Å². The Balaban J connectivity index is 2.19. The number of carbonyl (C=O) groups is 2. The van der Waals surface area contributed by atoms with Crippen molar-refractivity contribution in [2.45, 2.75) is 45.2 Å². The summed E-state index contributed by atoms with van der Waals surface area (Å²) < 4.78 is 0. The van der Waals surface area contributed by atoms with Crippen molar-refractivity contribution in [2.75, 3.05) is 6.54 Å². The molecule has 0 aliphatic carbocycles. The van der Waals surface area contributed by atoms with Crippen molar-refractivity contribution in [1.29, 1.82) is 0 Å². The number of hydrogen-bond acceptors (Lipinski definition) is 2. The van der Waals surface area contributed by atoms with Gasteiger partial charge in [-0.1, -0.05) is 13.8 Å². The first-order valence-corrected chi connectivity index (χ1v) is 5.72. The second-order valence-corrected chi connectivity index (χ2v) is 4.77. The summed E-state index contributed by atoms with van der Waals surface area (Å²) in [7, 11) is 0. The number of hydrogen-bond donors (Lipinski definition) is 1. The lowest BCUT2D eigenvalue weighted by atomic mass is 9.93. The van der Waals surface area contributed by atoms with Crippen molar-refractivity contribution in [2.24, 2.45) is 5.92 Å². The largest absolute Gasteiger partial charge is 0.342 e. The third-order valence-corrected chi connectivity index (χ3v) is 3.32. The Labute approximate surface area is 90.0 Å². The molecule has 0 saturated carbocycles. The molecule has 2 aliphatic heterocycles. The lowest BCUT2D eigenvalue weighted by molar-refractivity contribution is -0.152. The lowest BCUT2D eigenvalue weighted by Gasteiger charge is -2.42.